The Morgan fingerprint density at radius 2 is 2.08 bits per heavy atom. The van der Waals surface area contributed by atoms with Gasteiger partial charge in [-0.15, -0.1) is 0 Å². The van der Waals surface area contributed by atoms with Gasteiger partial charge >= 0.3 is 12.1 Å². The maximum atomic E-state index is 11.5. The average Bonchev–Trinajstić information content (AvgIpc) is 1.80. The van der Waals surface area contributed by atoms with Gasteiger partial charge in [0.25, 0.3) is 0 Å². The molecule has 72 valence electrons. The van der Waals surface area contributed by atoms with Crippen LogP contribution in [0.1, 0.15) is 13.3 Å². The second-order valence-electron chi connectivity index (χ2n) is 2.33. The van der Waals surface area contributed by atoms with E-state index in [1.165, 1.54) is 6.92 Å². The molecule has 0 aromatic carbocycles. The highest BCUT2D eigenvalue weighted by atomic mass is 19.4. The molecule has 1 atom stereocenters. The van der Waals surface area contributed by atoms with Crippen LogP contribution in [0.25, 0.3) is 0 Å². The van der Waals surface area contributed by atoms with Crippen molar-refractivity contribution < 1.29 is 27.8 Å². The Kier molecular flexibility index (Phi) is 4.02. The van der Waals surface area contributed by atoms with Gasteiger partial charge in [-0.2, -0.15) is 13.2 Å². The van der Waals surface area contributed by atoms with Crippen molar-refractivity contribution in [1.29, 1.82) is 0 Å². The first-order valence-electron chi connectivity index (χ1n) is 3.21. The van der Waals surface area contributed by atoms with Crippen LogP contribution in [0.15, 0.2) is 0 Å². The molecule has 0 saturated carbocycles. The average molecular weight is 186 g/mol. The van der Waals surface area contributed by atoms with Gasteiger partial charge in [0.2, 0.25) is 0 Å². The fraction of sp³-hybridized carbons (Fsp3) is 0.833. The highest BCUT2D eigenvalue weighted by Gasteiger charge is 2.28. The summed E-state index contributed by atoms with van der Waals surface area (Å²) in [5.74, 6) is -1.18. The van der Waals surface area contributed by atoms with E-state index in [0.717, 1.165) is 0 Å². The first-order valence-corrected chi connectivity index (χ1v) is 3.21. The van der Waals surface area contributed by atoms with E-state index in [1.54, 1.807) is 0 Å². The van der Waals surface area contributed by atoms with Crippen LogP contribution < -0.4 is 0 Å². The Balaban J connectivity index is 3.57. The SMILES string of the molecule is C[C@@H](CC(=O)O)OCC(F)(F)F. The van der Waals surface area contributed by atoms with Crippen LogP contribution in [0.3, 0.4) is 0 Å². The van der Waals surface area contributed by atoms with Gasteiger partial charge in [-0.25, -0.2) is 0 Å². The summed E-state index contributed by atoms with van der Waals surface area (Å²) in [5.41, 5.74) is 0. The van der Waals surface area contributed by atoms with Gasteiger partial charge in [0.05, 0.1) is 12.5 Å². The highest BCUT2D eigenvalue weighted by molar-refractivity contribution is 5.67. The lowest BCUT2D eigenvalue weighted by Crippen LogP contribution is -2.23. The zero-order chi connectivity index (χ0) is 9.78. The van der Waals surface area contributed by atoms with Crippen LogP contribution in [0.4, 0.5) is 13.2 Å². The van der Waals surface area contributed by atoms with E-state index in [1.807, 2.05) is 0 Å². The molecule has 3 nitrogen and oxygen atoms in total. The van der Waals surface area contributed by atoms with Crippen molar-refractivity contribution in [2.45, 2.75) is 25.6 Å². The lowest BCUT2D eigenvalue weighted by atomic mass is 10.3. The van der Waals surface area contributed by atoms with Gasteiger partial charge < -0.3 is 9.84 Å². The molecule has 6 heteroatoms. The van der Waals surface area contributed by atoms with Crippen LogP contribution in [0.2, 0.25) is 0 Å². The van der Waals surface area contributed by atoms with Gasteiger partial charge in [-0.05, 0) is 6.92 Å². The molecule has 0 radical (unpaired) electrons. The minimum Gasteiger partial charge on any atom is -0.481 e. The zero-order valence-electron chi connectivity index (χ0n) is 6.39. The summed E-state index contributed by atoms with van der Waals surface area (Å²) in [7, 11) is 0. The number of rotatable bonds is 4. The zero-order valence-corrected chi connectivity index (χ0v) is 6.39. The molecule has 1 N–H and O–H groups in total. The fourth-order valence-corrected chi connectivity index (χ4v) is 0.542. The Hall–Kier alpha value is -0.780. The molecule has 0 fully saturated rings. The smallest absolute Gasteiger partial charge is 0.411 e. The monoisotopic (exact) mass is 186 g/mol. The molecule has 0 amide bonds. The van der Waals surface area contributed by atoms with E-state index in [2.05, 4.69) is 4.74 Å². The molecule has 0 aromatic heterocycles. The predicted molar refractivity (Wildman–Crippen MR) is 33.7 cm³/mol. The van der Waals surface area contributed by atoms with E-state index >= 15 is 0 Å². The number of carboxylic acid groups (broad SMARTS) is 1. The number of ether oxygens (including phenoxy) is 1. The molecule has 0 aliphatic carbocycles. The quantitative estimate of drug-likeness (QED) is 0.722. The third-order valence-corrected chi connectivity index (χ3v) is 0.994. The number of aliphatic carboxylic acids is 1. The molecule has 0 spiro atoms. The van der Waals surface area contributed by atoms with Crippen molar-refractivity contribution >= 4 is 5.97 Å². The highest BCUT2D eigenvalue weighted by Crippen LogP contribution is 2.15. The largest absolute Gasteiger partial charge is 0.481 e. The number of carbonyl (C=O) groups is 1. The normalized spacial score (nSPS) is 14.3. The van der Waals surface area contributed by atoms with E-state index < -0.39 is 31.3 Å². The second kappa shape index (κ2) is 4.30. The van der Waals surface area contributed by atoms with Crippen molar-refractivity contribution in [3.63, 3.8) is 0 Å². The molecule has 0 aromatic rings. The maximum Gasteiger partial charge on any atom is 0.411 e. The van der Waals surface area contributed by atoms with Crippen molar-refractivity contribution in [3.8, 4) is 0 Å². The first kappa shape index (κ1) is 11.2. The lowest BCUT2D eigenvalue weighted by molar-refractivity contribution is -0.186. The molecule has 12 heavy (non-hydrogen) atoms. The lowest BCUT2D eigenvalue weighted by Gasteiger charge is -2.12. The van der Waals surface area contributed by atoms with Gasteiger partial charge in [0, 0.05) is 0 Å². The van der Waals surface area contributed by atoms with E-state index in [9.17, 15) is 18.0 Å². The summed E-state index contributed by atoms with van der Waals surface area (Å²) < 4.78 is 38.7. The summed E-state index contributed by atoms with van der Waals surface area (Å²) >= 11 is 0. The van der Waals surface area contributed by atoms with Crippen LogP contribution >= 0.6 is 0 Å². The Morgan fingerprint density at radius 1 is 1.58 bits per heavy atom. The standard InChI is InChI=1S/C6H9F3O3/c1-4(2-5(10)11)12-3-6(7,8)9/h4H,2-3H2,1H3,(H,10,11)/t4-/m0/s1. The number of halogens is 3. The summed E-state index contributed by atoms with van der Waals surface area (Å²) in [5, 5.41) is 8.15. The Bertz CT molecular complexity index is 155. The second-order valence-corrected chi connectivity index (χ2v) is 2.33. The topological polar surface area (TPSA) is 46.5 Å². The van der Waals surface area contributed by atoms with E-state index in [0.29, 0.717) is 0 Å². The third-order valence-electron chi connectivity index (χ3n) is 0.994. The van der Waals surface area contributed by atoms with Crippen LogP contribution in [0, 0.1) is 0 Å². The van der Waals surface area contributed by atoms with Crippen molar-refractivity contribution in [3.05, 3.63) is 0 Å². The maximum absolute atomic E-state index is 11.5. The molecular weight excluding hydrogens is 177 g/mol. The van der Waals surface area contributed by atoms with E-state index in [4.69, 9.17) is 5.11 Å². The van der Waals surface area contributed by atoms with Crippen molar-refractivity contribution in [2.75, 3.05) is 6.61 Å². The fourth-order valence-electron chi connectivity index (χ4n) is 0.542. The van der Waals surface area contributed by atoms with Crippen LogP contribution in [-0.2, 0) is 9.53 Å². The van der Waals surface area contributed by atoms with Crippen molar-refractivity contribution in [1.82, 2.24) is 0 Å². The molecular formula is C6H9F3O3. The third kappa shape index (κ3) is 7.33. The van der Waals surface area contributed by atoms with Crippen LogP contribution in [0.5, 0.6) is 0 Å². The number of hydrogen-bond donors (Lipinski definition) is 1. The molecule has 0 saturated heterocycles. The predicted octanol–water partition coefficient (Wildman–Crippen LogP) is 1.43. The van der Waals surface area contributed by atoms with Gasteiger partial charge in [0.1, 0.15) is 6.61 Å². The number of alkyl halides is 3. The number of carboxylic acids is 1. The molecule has 0 aliphatic heterocycles. The summed E-state index contributed by atoms with van der Waals surface area (Å²) in [6, 6.07) is 0. The Labute approximate surface area is 67.1 Å². The summed E-state index contributed by atoms with van der Waals surface area (Å²) in [4.78, 5) is 9.97. The van der Waals surface area contributed by atoms with Crippen molar-refractivity contribution in [2.24, 2.45) is 0 Å². The first-order chi connectivity index (χ1) is 5.31. The van der Waals surface area contributed by atoms with Gasteiger partial charge in [0.15, 0.2) is 0 Å². The van der Waals surface area contributed by atoms with Gasteiger partial charge in [-0.3, -0.25) is 4.79 Å². The molecule has 0 aliphatic rings. The van der Waals surface area contributed by atoms with Crippen LogP contribution in [-0.4, -0.2) is 30.0 Å². The van der Waals surface area contributed by atoms with Gasteiger partial charge in [-0.1, -0.05) is 0 Å². The van der Waals surface area contributed by atoms with E-state index in [-0.39, 0.29) is 0 Å². The molecule has 0 heterocycles. The Morgan fingerprint density at radius 3 is 2.42 bits per heavy atom. The molecule has 0 rings (SSSR count). The minimum absolute atomic E-state index is 0.421. The molecule has 0 unspecified atom stereocenters. The summed E-state index contributed by atoms with van der Waals surface area (Å²) in [6.45, 7) is -0.124. The minimum atomic E-state index is -4.40. The molecule has 0 bridgehead atoms. The number of hydrogen-bond acceptors (Lipinski definition) is 2. The summed E-state index contributed by atoms with van der Waals surface area (Å²) in [6.07, 6.45) is -5.73.